The van der Waals surface area contributed by atoms with Gasteiger partial charge in [0.2, 0.25) is 0 Å². The van der Waals surface area contributed by atoms with Crippen LogP contribution in [0.25, 0.3) is 10.8 Å². The third kappa shape index (κ3) is 2.74. The van der Waals surface area contributed by atoms with Gasteiger partial charge in [-0.05, 0) is 23.6 Å². The minimum Gasteiger partial charge on any atom is -0.462 e. The van der Waals surface area contributed by atoms with Crippen molar-refractivity contribution in [2.75, 3.05) is 0 Å². The first-order chi connectivity index (χ1) is 9.33. The van der Waals surface area contributed by atoms with Gasteiger partial charge in [0.15, 0.2) is 10.8 Å². The summed E-state index contributed by atoms with van der Waals surface area (Å²) in [6, 6.07) is 7.22. The smallest absolute Gasteiger partial charge is 0.348 e. The second-order valence-corrected chi connectivity index (χ2v) is 5.48. The van der Waals surface area contributed by atoms with Crippen LogP contribution < -0.4 is 0 Å². The van der Waals surface area contributed by atoms with Crippen molar-refractivity contribution >= 4 is 28.6 Å². The Balaban J connectivity index is 1.63. The standard InChI is InChI=1S/C13H9NO3S2/c15-13(11-4-2-6-18-11)17-7-9-8-19-12(14-9)10-3-1-5-16-10/h1-6,8H,7H2. The molecule has 0 radical (unpaired) electrons. The van der Waals surface area contributed by atoms with Crippen LogP contribution in [-0.4, -0.2) is 11.0 Å². The van der Waals surface area contributed by atoms with Crippen molar-refractivity contribution in [3.8, 4) is 10.8 Å². The summed E-state index contributed by atoms with van der Waals surface area (Å²) in [6.07, 6.45) is 1.60. The van der Waals surface area contributed by atoms with Crippen molar-refractivity contribution < 1.29 is 13.9 Å². The Hall–Kier alpha value is -1.92. The van der Waals surface area contributed by atoms with E-state index in [0.717, 1.165) is 16.5 Å². The average Bonchev–Trinajstić information content (AvgIpc) is 3.14. The molecule has 6 heteroatoms. The molecule has 0 aliphatic carbocycles. The summed E-state index contributed by atoms with van der Waals surface area (Å²) in [5.41, 5.74) is 0.723. The number of hydrogen-bond donors (Lipinski definition) is 0. The minimum absolute atomic E-state index is 0.175. The van der Waals surface area contributed by atoms with E-state index in [2.05, 4.69) is 4.98 Å². The van der Waals surface area contributed by atoms with E-state index >= 15 is 0 Å². The molecule has 3 rings (SSSR count). The van der Waals surface area contributed by atoms with E-state index in [1.165, 1.54) is 22.7 Å². The molecule has 0 saturated heterocycles. The summed E-state index contributed by atoms with van der Waals surface area (Å²) in [5, 5.41) is 4.49. The van der Waals surface area contributed by atoms with Crippen molar-refractivity contribution in [3.63, 3.8) is 0 Å². The normalized spacial score (nSPS) is 10.5. The van der Waals surface area contributed by atoms with Crippen LogP contribution in [0.15, 0.2) is 45.7 Å². The predicted octanol–water partition coefficient (Wildman–Crippen LogP) is 3.82. The van der Waals surface area contributed by atoms with Crippen molar-refractivity contribution in [2.24, 2.45) is 0 Å². The second-order valence-electron chi connectivity index (χ2n) is 3.67. The number of carbonyl (C=O) groups excluding carboxylic acids is 1. The zero-order valence-corrected chi connectivity index (χ0v) is 11.4. The molecule has 3 aromatic heterocycles. The first-order valence-corrected chi connectivity index (χ1v) is 7.28. The van der Waals surface area contributed by atoms with Crippen LogP contribution in [0.5, 0.6) is 0 Å². The fourth-order valence-electron chi connectivity index (χ4n) is 1.49. The molecule has 4 nitrogen and oxygen atoms in total. The molecule has 0 amide bonds. The predicted molar refractivity (Wildman–Crippen MR) is 73.3 cm³/mol. The van der Waals surface area contributed by atoms with E-state index in [0.29, 0.717) is 4.88 Å². The van der Waals surface area contributed by atoms with Crippen molar-refractivity contribution in [1.82, 2.24) is 4.98 Å². The molecule has 0 aliphatic heterocycles. The fraction of sp³-hybridized carbons (Fsp3) is 0.0769. The highest BCUT2D eigenvalue weighted by Gasteiger charge is 2.11. The second kappa shape index (κ2) is 5.38. The molecule has 3 aromatic rings. The van der Waals surface area contributed by atoms with Gasteiger partial charge in [0.25, 0.3) is 0 Å². The van der Waals surface area contributed by atoms with Gasteiger partial charge >= 0.3 is 5.97 Å². The van der Waals surface area contributed by atoms with Crippen LogP contribution in [0.1, 0.15) is 15.4 Å². The van der Waals surface area contributed by atoms with Crippen LogP contribution in [0.4, 0.5) is 0 Å². The van der Waals surface area contributed by atoms with Crippen molar-refractivity contribution in [2.45, 2.75) is 6.61 Å². The molecule has 19 heavy (non-hydrogen) atoms. The maximum Gasteiger partial charge on any atom is 0.348 e. The number of aromatic nitrogens is 1. The largest absolute Gasteiger partial charge is 0.462 e. The SMILES string of the molecule is O=C(OCc1csc(-c2ccco2)n1)c1cccs1. The van der Waals surface area contributed by atoms with Crippen molar-refractivity contribution in [3.05, 3.63) is 51.9 Å². The number of ether oxygens (including phenoxy) is 1. The Labute approximate surface area is 117 Å². The lowest BCUT2D eigenvalue weighted by Crippen LogP contribution is -2.03. The van der Waals surface area contributed by atoms with Crippen LogP contribution in [-0.2, 0) is 11.3 Å². The van der Waals surface area contributed by atoms with E-state index in [-0.39, 0.29) is 12.6 Å². The van der Waals surface area contributed by atoms with Crippen LogP contribution in [0.2, 0.25) is 0 Å². The van der Waals surface area contributed by atoms with Gasteiger partial charge in [-0.2, -0.15) is 0 Å². The third-order valence-electron chi connectivity index (χ3n) is 2.36. The fourth-order valence-corrected chi connectivity index (χ4v) is 2.88. The van der Waals surface area contributed by atoms with Gasteiger partial charge in [0.05, 0.1) is 12.0 Å². The van der Waals surface area contributed by atoms with E-state index < -0.39 is 0 Å². The molecule has 0 unspecified atom stereocenters. The van der Waals surface area contributed by atoms with Gasteiger partial charge in [0.1, 0.15) is 11.5 Å². The summed E-state index contributed by atoms with van der Waals surface area (Å²) < 4.78 is 10.4. The molecule has 0 spiro atoms. The topological polar surface area (TPSA) is 52.3 Å². The molecule has 0 fully saturated rings. The first kappa shape index (κ1) is 12.1. The Morgan fingerprint density at radius 1 is 1.32 bits per heavy atom. The highest BCUT2D eigenvalue weighted by molar-refractivity contribution is 7.13. The Kier molecular flexibility index (Phi) is 3.43. The molecule has 0 N–H and O–H groups in total. The van der Waals surface area contributed by atoms with Crippen LogP contribution in [0.3, 0.4) is 0 Å². The third-order valence-corrected chi connectivity index (χ3v) is 4.11. The Morgan fingerprint density at radius 3 is 3.00 bits per heavy atom. The number of thiazole rings is 1. The van der Waals surface area contributed by atoms with Crippen LogP contribution >= 0.6 is 22.7 Å². The van der Waals surface area contributed by atoms with Gasteiger partial charge in [-0.25, -0.2) is 9.78 Å². The molecule has 3 heterocycles. The van der Waals surface area contributed by atoms with Gasteiger partial charge in [-0.1, -0.05) is 6.07 Å². The Morgan fingerprint density at radius 2 is 2.26 bits per heavy atom. The lowest BCUT2D eigenvalue weighted by Gasteiger charge is -1.99. The quantitative estimate of drug-likeness (QED) is 0.686. The maximum absolute atomic E-state index is 11.7. The number of esters is 1. The van der Waals surface area contributed by atoms with Gasteiger partial charge in [-0.3, -0.25) is 0 Å². The number of carbonyl (C=O) groups is 1. The molecular weight excluding hydrogens is 282 g/mol. The van der Waals surface area contributed by atoms with E-state index in [4.69, 9.17) is 9.15 Å². The van der Waals surface area contributed by atoms with Gasteiger partial charge in [0, 0.05) is 5.38 Å². The summed E-state index contributed by atoms with van der Waals surface area (Å²) >= 11 is 2.82. The van der Waals surface area contributed by atoms with Crippen molar-refractivity contribution in [1.29, 1.82) is 0 Å². The van der Waals surface area contributed by atoms with E-state index in [1.807, 2.05) is 29.0 Å². The number of thiophene rings is 1. The van der Waals surface area contributed by atoms with Gasteiger partial charge in [-0.15, -0.1) is 22.7 Å². The summed E-state index contributed by atoms with van der Waals surface area (Å²) in [5.74, 6) is 0.406. The summed E-state index contributed by atoms with van der Waals surface area (Å²) in [4.78, 5) is 16.6. The molecule has 0 saturated carbocycles. The zero-order chi connectivity index (χ0) is 13.1. The maximum atomic E-state index is 11.7. The number of furan rings is 1. The molecule has 0 aromatic carbocycles. The van der Waals surface area contributed by atoms with E-state index in [1.54, 1.807) is 12.3 Å². The number of rotatable bonds is 4. The highest BCUT2D eigenvalue weighted by Crippen LogP contribution is 2.24. The van der Waals surface area contributed by atoms with Crippen LogP contribution in [0, 0.1) is 0 Å². The Bertz CT molecular complexity index is 656. The van der Waals surface area contributed by atoms with Gasteiger partial charge < -0.3 is 9.15 Å². The zero-order valence-electron chi connectivity index (χ0n) is 9.74. The average molecular weight is 291 g/mol. The highest BCUT2D eigenvalue weighted by atomic mass is 32.1. The molecular formula is C13H9NO3S2. The lowest BCUT2D eigenvalue weighted by atomic mass is 10.4. The lowest BCUT2D eigenvalue weighted by molar-refractivity contribution is 0.0474. The molecule has 96 valence electrons. The monoisotopic (exact) mass is 291 g/mol. The first-order valence-electron chi connectivity index (χ1n) is 5.52. The summed E-state index contributed by atoms with van der Waals surface area (Å²) in [7, 11) is 0. The number of hydrogen-bond acceptors (Lipinski definition) is 6. The minimum atomic E-state index is -0.317. The number of nitrogens with zero attached hydrogens (tertiary/aromatic N) is 1. The molecule has 0 bridgehead atoms. The summed E-state index contributed by atoms with van der Waals surface area (Å²) in [6.45, 7) is 0.175. The van der Waals surface area contributed by atoms with E-state index in [9.17, 15) is 4.79 Å². The molecule has 0 atom stereocenters. The molecule has 0 aliphatic rings.